The lowest BCUT2D eigenvalue weighted by Crippen LogP contribution is -2.44. The average Bonchev–Trinajstić information content (AvgIpc) is 2.25. The van der Waals surface area contributed by atoms with Crippen LogP contribution in [0.2, 0.25) is 0 Å². The molecule has 1 amide bonds. The van der Waals surface area contributed by atoms with Gasteiger partial charge in [0, 0.05) is 24.8 Å². The number of halogens is 1. The fraction of sp³-hybridized carbons (Fsp3) is 0.462. The van der Waals surface area contributed by atoms with E-state index < -0.39 is 26.3 Å². The van der Waals surface area contributed by atoms with Crippen molar-refractivity contribution in [2.75, 3.05) is 11.9 Å². The van der Waals surface area contributed by atoms with E-state index in [1.165, 1.54) is 13.0 Å². The minimum absolute atomic E-state index is 0.175. The van der Waals surface area contributed by atoms with Crippen LogP contribution in [0, 0.1) is 5.82 Å². The molecule has 0 spiro atoms. The van der Waals surface area contributed by atoms with Crippen molar-refractivity contribution < 1.29 is 22.7 Å². The van der Waals surface area contributed by atoms with Gasteiger partial charge in [-0.25, -0.2) is 17.5 Å². The average molecular weight is 318 g/mol. The first-order valence-electron chi connectivity index (χ1n) is 6.29. The molecule has 1 rings (SSSR count). The number of aliphatic hydroxyl groups is 1. The van der Waals surface area contributed by atoms with Crippen LogP contribution in [0.1, 0.15) is 27.2 Å². The maximum Gasteiger partial charge on any atom is 0.243 e. The summed E-state index contributed by atoms with van der Waals surface area (Å²) >= 11 is 0. The molecule has 0 atom stereocenters. The van der Waals surface area contributed by atoms with Crippen molar-refractivity contribution in [3.8, 4) is 0 Å². The number of carbonyl (C=O) groups excluding carboxylic acids is 1. The third-order valence-electron chi connectivity index (χ3n) is 2.69. The summed E-state index contributed by atoms with van der Waals surface area (Å²) in [6, 6.07) is 3.32. The molecule has 0 aliphatic heterocycles. The van der Waals surface area contributed by atoms with Gasteiger partial charge in [-0.1, -0.05) is 0 Å². The minimum Gasteiger partial charge on any atom is -0.396 e. The highest BCUT2D eigenvalue weighted by atomic mass is 32.2. The van der Waals surface area contributed by atoms with Crippen LogP contribution in [0.4, 0.5) is 10.1 Å². The molecule has 0 unspecified atom stereocenters. The normalized spacial score (nSPS) is 12.2. The number of benzene rings is 1. The second-order valence-electron chi connectivity index (χ2n) is 5.29. The maximum absolute atomic E-state index is 13.9. The van der Waals surface area contributed by atoms with Crippen LogP contribution in [0.25, 0.3) is 0 Å². The van der Waals surface area contributed by atoms with Gasteiger partial charge < -0.3 is 10.4 Å². The molecule has 8 heteroatoms. The molecule has 0 saturated heterocycles. The largest absolute Gasteiger partial charge is 0.396 e. The lowest BCUT2D eigenvalue weighted by Gasteiger charge is -2.25. The Kier molecular flexibility index (Phi) is 5.43. The molecule has 0 aliphatic carbocycles. The third-order valence-corrected chi connectivity index (χ3v) is 4.42. The van der Waals surface area contributed by atoms with E-state index in [1.54, 1.807) is 13.8 Å². The molecule has 0 heterocycles. The fourth-order valence-corrected chi connectivity index (χ4v) is 3.25. The van der Waals surface area contributed by atoms with Crippen LogP contribution in [-0.4, -0.2) is 31.6 Å². The molecule has 0 saturated carbocycles. The summed E-state index contributed by atoms with van der Waals surface area (Å²) in [6.45, 7) is 4.25. The van der Waals surface area contributed by atoms with Crippen LogP contribution in [0.5, 0.6) is 0 Å². The third kappa shape index (κ3) is 5.07. The first-order valence-corrected chi connectivity index (χ1v) is 7.78. The zero-order valence-electron chi connectivity index (χ0n) is 12.1. The van der Waals surface area contributed by atoms with Crippen LogP contribution in [-0.2, 0) is 14.8 Å². The van der Waals surface area contributed by atoms with Crippen molar-refractivity contribution in [3.63, 3.8) is 0 Å². The molecule has 0 fully saturated rings. The SMILES string of the molecule is CC(=O)Nc1ccc(S(=O)(=O)NC(C)(C)CCO)c(F)c1. The van der Waals surface area contributed by atoms with Crippen LogP contribution in [0.3, 0.4) is 0 Å². The number of anilines is 1. The number of hydrogen-bond donors (Lipinski definition) is 3. The Hall–Kier alpha value is -1.51. The van der Waals surface area contributed by atoms with Gasteiger partial charge in [-0.3, -0.25) is 4.79 Å². The number of amides is 1. The number of nitrogens with one attached hydrogen (secondary N) is 2. The molecular formula is C13H19FN2O4S. The predicted octanol–water partition coefficient (Wildman–Crippen LogP) is 1.22. The van der Waals surface area contributed by atoms with Crippen LogP contribution >= 0.6 is 0 Å². The van der Waals surface area contributed by atoms with Gasteiger partial charge in [0.2, 0.25) is 15.9 Å². The summed E-state index contributed by atoms with van der Waals surface area (Å²) in [5.41, 5.74) is -0.732. The Morgan fingerprint density at radius 1 is 1.38 bits per heavy atom. The molecule has 0 bridgehead atoms. The first-order chi connectivity index (χ1) is 9.57. The second kappa shape index (κ2) is 6.50. The minimum atomic E-state index is -4.06. The Morgan fingerprint density at radius 3 is 2.48 bits per heavy atom. The van der Waals surface area contributed by atoms with Gasteiger partial charge in [-0.15, -0.1) is 0 Å². The molecule has 1 aromatic carbocycles. The zero-order valence-corrected chi connectivity index (χ0v) is 12.9. The molecule has 1 aromatic rings. The molecule has 3 N–H and O–H groups in total. The zero-order chi connectivity index (χ0) is 16.3. The standard InChI is InChI=1S/C13H19FN2O4S/c1-9(18)15-10-4-5-12(11(14)8-10)21(19,20)16-13(2,3)6-7-17/h4-5,8,16-17H,6-7H2,1-3H3,(H,15,18). The summed E-state index contributed by atoms with van der Waals surface area (Å²) < 4.78 is 40.6. The smallest absolute Gasteiger partial charge is 0.243 e. The van der Waals surface area contributed by atoms with Crippen molar-refractivity contribution in [3.05, 3.63) is 24.0 Å². The Labute approximate surface area is 123 Å². The summed E-state index contributed by atoms with van der Waals surface area (Å²) in [6.07, 6.45) is 0.192. The van der Waals surface area contributed by atoms with Crippen molar-refractivity contribution in [1.29, 1.82) is 0 Å². The van der Waals surface area contributed by atoms with Crippen molar-refractivity contribution in [1.82, 2.24) is 4.72 Å². The van der Waals surface area contributed by atoms with Crippen LogP contribution < -0.4 is 10.0 Å². The number of carbonyl (C=O) groups is 1. The van der Waals surface area contributed by atoms with Crippen molar-refractivity contribution in [2.24, 2.45) is 0 Å². The summed E-state index contributed by atoms with van der Waals surface area (Å²) in [7, 11) is -4.06. The van der Waals surface area contributed by atoms with E-state index in [1.807, 2.05) is 0 Å². The van der Waals surface area contributed by atoms with Gasteiger partial charge in [0.15, 0.2) is 0 Å². The van der Waals surface area contributed by atoms with E-state index in [0.29, 0.717) is 0 Å². The molecule has 0 radical (unpaired) electrons. The van der Waals surface area contributed by atoms with E-state index >= 15 is 0 Å². The van der Waals surface area contributed by atoms with Gasteiger partial charge in [0.1, 0.15) is 10.7 Å². The van der Waals surface area contributed by atoms with Crippen molar-refractivity contribution >= 4 is 21.6 Å². The topological polar surface area (TPSA) is 95.5 Å². The maximum atomic E-state index is 13.9. The summed E-state index contributed by atoms with van der Waals surface area (Å²) in [4.78, 5) is 10.4. The molecule has 6 nitrogen and oxygen atoms in total. The molecule has 0 aromatic heterocycles. The van der Waals surface area contributed by atoms with Gasteiger partial charge >= 0.3 is 0 Å². The summed E-state index contributed by atoms with van der Waals surface area (Å²) in [5.74, 6) is -1.35. The van der Waals surface area contributed by atoms with E-state index in [9.17, 15) is 17.6 Å². The molecular weight excluding hydrogens is 299 g/mol. The lowest BCUT2D eigenvalue weighted by molar-refractivity contribution is -0.114. The van der Waals surface area contributed by atoms with Gasteiger partial charge in [-0.05, 0) is 38.5 Å². The van der Waals surface area contributed by atoms with Gasteiger partial charge in [0.05, 0.1) is 0 Å². The Balaban J connectivity index is 3.07. The fourth-order valence-electron chi connectivity index (χ4n) is 1.75. The molecule has 21 heavy (non-hydrogen) atoms. The number of rotatable bonds is 6. The number of hydrogen-bond acceptors (Lipinski definition) is 4. The van der Waals surface area contributed by atoms with E-state index in [0.717, 1.165) is 12.1 Å². The van der Waals surface area contributed by atoms with E-state index in [2.05, 4.69) is 10.0 Å². The molecule has 118 valence electrons. The number of sulfonamides is 1. The number of aliphatic hydroxyl groups excluding tert-OH is 1. The summed E-state index contributed by atoms with van der Waals surface area (Å²) in [5, 5.41) is 11.3. The van der Waals surface area contributed by atoms with E-state index in [4.69, 9.17) is 5.11 Å². The van der Waals surface area contributed by atoms with Crippen LogP contribution in [0.15, 0.2) is 23.1 Å². The molecule has 0 aliphatic rings. The van der Waals surface area contributed by atoms with Gasteiger partial charge in [-0.2, -0.15) is 0 Å². The van der Waals surface area contributed by atoms with E-state index in [-0.39, 0.29) is 24.6 Å². The highest BCUT2D eigenvalue weighted by Gasteiger charge is 2.28. The monoisotopic (exact) mass is 318 g/mol. The highest BCUT2D eigenvalue weighted by Crippen LogP contribution is 2.21. The van der Waals surface area contributed by atoms with Gasteiger partial charge in [0.25, 0.3) is 0 Å². The quantitative estimate of drug-likeness (QED) is 0.735. The second-order valence-corrected chi connectivity index (χ2v) is 6.94. The highest BCUT2D eigenvalue weighted by molar-refractivity contribution is 7.89. The first kappa shape index (κ1) is 17.5. The Morgan fingerprint density at radius 2 is 2.00 bits per heavy atom. The Bertz CT molecular complexity index is 629. The lowest BCUT2D eigenvalue weighted by atomic mass is 10.0. The van der Waals surface area contributed by atoms with Crippen molar-refractivity contribution in [2.45, 2.75) is 37.6 Å². The predicted molar refractivity (Wildman–Crippen MR) is 76.8 cm³/mol.